The maximum atomic E-state index is 13.5. The van der Waals surface area contributed by atoms with E-state index in [2.05, 4.69) is 5.32 Å². The number of ether oxygens (including phenoxy) is 1. The van der Waals surface area contributed by atoms with E-state index in [1.54, 1.807) is 6.92 Å². The van der Waals surface area contributed by atoms with Crippen LogP contribution in [-0.2, 0) is 9.53 Å². The second-order valence-electron chi connectivity index (χ2n) is 4.24. The summed E-state index contributed by atoms with van der Waals surface area (Å²) in [5.41, 5.74) is 0. The van der Waals surface area contributed by atoms with Crippen LogP contribution in [0.15, 0.2) is 0 Å². The summed E-state index contributed by atoms with van der Waals surface area (Å²) in [5, 5.41) is 2.94. The molecule has 2 aliphatic heterocycles. The van der Waals surface area contributed by atoms with Crippen LogP contribution in [0, 0.1) is 5.92 Å². The van der Waals surface area contributed by atoms with Crippen LogP contribution in [0.2, 0.25) is 0 Å². The summed E-state index contributed by atoms with van der Waals surface area (Å²) in [6, 6.07) is -1.05. The third-order valence-electron chi connectivity index (χ3n) is 3.25. The molecule has 2 heterocycles. The summed E-state index contributed by atoms with van der Waals surface area (Å²) in [6.45, 7) is 1.91. The van der Waals surface area contributed by atoms with Gasteiger partial charge in [0.15, 0.2) is 0 Å². The molecule has 0 aromatic carbocycles. The molecule has 3 rings (SSSR count). The van der Waals surface area contributed by atoms with Crippen molar-refractivity contribution in [3.63, 3.8) is 0 Å². The van der Waals surface area contributed by atoms with Crippen LogP contribution < -0.4 is 5.32 Å². The van der Waals surface area contributed by atoms with Gasteiger partial charge in [0.25, 0.3) is 5.92 Å². The molecule has 3 fully saturated rings. The number of nitrogens with one attached hydrogen (secondary N) is 1. The van der Waals surface area contributed by atoms with E-state index < -0.39 is 23.9 Å². The standard InChI is InChI=1S/C10H15F2NO2.ClH/c1-2-15-9(14)8-7-4-3-6(13-8)5-10(7,11)12;/h6-8,13H,2-5H2,1H3;1H. The maximum absolute atomic E-state index is 13.5. The molecule has 0 spiro atoms. The number of halogens is 3. The van der Waals surface area contributed by atoms with Gasteiger partial charge in [-0.3, -0.25) is 4.79 Å². The minimum atomic E-state index is -2.72. The molecule has 3 unspecified atom stereocenters. The minimum Gasteiger partial charge on any atom is -0.465 e. The van der Waals surface area contributed by atoms with Crippen molar-refractivity contribution in [2.75, 3.05) is 6.61 Å². The molecule has 16 heavy (non-hydrogen) atoms. The predicted molar refractivity (Wildman–Crippen MR) is 56.9 cm³/mol. The average molecular weight is 256 g/mol. The molecule has 0 amide bonds. The smallest absolute Gasteiger partial charge is 0.323 e. The van der Waals surface area contributed by atoms with Crippen LogP contribution in [0.4, 0.5) is 8.78 Å². The molecule has 1 saturated carbocycles. The van der Waals surface area contributed by atoms with Crippen LogP contribution in [0.3, 0.4) is 0 Å². The summed E-state index contributed by atoms with van der Waals surface area (Å²) in [5.74, 6) is -4.14. The molecule has 0 aromatic heterocycles. The second kappa shape index (κ2) is 4.84. The van der Waals surface area contributed by atoms with Gasteiger partial charge in [0.1, 0.15) is 6.04 Å². The predicted octanol–water partition coefficient (Wildman–Crippen LogP) is 1.75. The molecule has 2 bridgehead atoms. The largest absolute Gasteiger partial charge is 0.465 e. The van der Waals surface area contributed by atoms with Crippen molar-refractivity contribution >= 4 is 18.4 Å². The molecule has 2 saturated heterocycles. The number of esters is 1. The fraction of sp³-hybridized carbons (Fsp3) is 0.900. The van der Waals surface area contributed by atoms with E-state index in [1.807, 2.05) is 0 Å². The van der Waals surface area contributed by atoms with Gasteiger partial charge < -0.3 is 10.1 Å². The lowest BCUT2D eigenvalue weighted by atomic mass is 9.73. The SMILES string of the molecule is CCOC(=O)C1NC2CCC1C(F)(F)C2.Cl. The van der Waals surface area contributed by atoms with Gasteiger partial charge in [-0.15, -0.1) is 12.4 Å². The molecular weight excluding hydrogens is 240 g/mol. The molecule has 1 aliphatic carbocycles. The maximum Gasteiger partial charge on any atom is 0.323 e. The number of hydrogen-bond donors (Lipinski definition) is 1. The van der Waals surface area contributed by atoms with Gasteiger partial charge in [0.2, 0.25) is 0 Å². The quantitative estimate of drug-likeness (QED) is 0.764. The third-order valence-corrected chi connectivity index (χ3v) is 3.25. The van der Waals surface area contributed by atoms with E-state index in [0.717, 1.165) is 6.42 Å². The van der Waals surface area contributed by atoms with Gasteiger partial charge in [0.05, 0.1) is 6.61 Å². The summed E-state index contributed by atoms with van der Waals surface area (Å²) < 4.78 is 31.8. The van der Waals surface area contributed by atoms with Crippen LogP contribution in [0.25, 0.3) is 0 Å². The minimum absolute atomic E-state index is 0. The van der Waals surface area contributed by atoms with E-state index in [9.17, 15) is 13.6 Å². The number of rotatable bonds is 2. The van der Waals surface area contributed by atoms with Gasteiger partial charge in [-0.05, 0) is 19.8 Å². The van der Waals surface area contributed by atoms with Crippen molar-refractivity contribution in [1.82, 2.24) is 5.32 Å². The molecule has 1 N–H and O–H groups in total. The molecule has 94 valence electrons. The van der Waals surface area contributed by atoms with E-state index in [4.69, 9.17) is 4.74 Å². The van der Waals surface area contributed by atoms with E-state index >= 15 is 0 Å². The van der Waals surface area contributed by atoms with Crippen molar-refractivity contribution in [1.29, 1.82) is 0 Å². The Kier molecular flexibility index (Phi) is 4.12. The van der Waals surface area contributed by atoms with Crippen molar-refractivity contribution in [3.8, 4) is 0 Å². The topological polar surface area (TPSA) is 38.3 Å². The lowest BCUT2D eigenvalue weighted by Crippen LogP contribution is -2.63. The Morgan fingerprint density at radius 1 is 1.50 bits per heavy atom. The zero-order valence-corrected chi connectivity index (χ0v) is 9.86. The van der Waals surface area contributed by atoms with Crippen LogP contribution >= 0.6 is 12.4 Å². The first-order valence-electron chi connectivity index (χ1n) is 5.35. The Labute approximate surface area is 99.3 Å². The zero-order valence-electron chi connectivity index (χ0n) is 9.04. The Morgan fingerprint density at radius 2 is 2.19 bits per heavy atom. The highest BCUT2D eigenvalue weighted by atomic mass is 35.5. The van der Waals surface area contributed by atoms with Crippen molar-refractivity contribution in [2.24, 2.45) is 5.92 Å². The Bertz CT molecular complexity index is 276. The molecule has 6 heteroatoms. The highest BCUT2D eigenvalue weighted by molar-refractivity contribution is 5.85. The highest BCUT2D eigenvalue weighted by Gasteiger charge is 2.55. The van der Waals surface area contributed by atoms with E-state index in [0.29, 0.717) is 6.42 Å². The van der Waals surface area contributed by atoms with Crippen molar-refractivity contribution in [2.45, 2.75) is 44.2 Å². The van der Waals surface area contributed by atoms with Crippen LogP contribution in [-0.4, -0.2) is 30.6 Å². The summed E-state index contributed by atoms with van der Waals surface area (Å²) >= 11 is 0. The Hall–Kier alpha value is -0.420. The fourth-order valence-electron chi connectivity index (χ4n) is 2.56. The van der Waals surface area contributed by atoms with Gasteiger partial charge in [-0.2, -0.15) is 0 Å². The number of hydrogen-bond acceptors (Lipinski definition) is 3. The van der Waals surface area contributed by atoms with Gasteiger partial charge in [-0.25, -0.2) is 8.78 Å². The monoisotopic (exact) mass is 255 g/mol. The van der Waals surface area contributed by atoms with Crippen molar-refractivity contribution < 1.29 is 18.3 Å². The first kappa shape index (κ1) is 13.6. The highest BCUT2D eigenvalue weighted by Crippen LogP contribution is 2.44. The normalized spacial score (nSPS) is 35.3. The van der Waals surface area contributed by atoms with Gasteiger partial charge in [-0.1, -0.05) is 0 Å². The zero-order chi connectivity index (χ0) is 11.1. The third kappa shape index (κ3) is 2.30. The van der Waals surface area contributed by atoms with E-state index in [-0.39, 0.29) is 31.5 Å². The summed E-state index contributed by atoms with van der Waals surface area (Å²) in [7, 11) is 0. The second-order valence-corrected chi connectivity index (χ2v) is 4.24. The Balaban J connectivity index is 0.00000128. The van der Waals surface area contributed by atoms with Crippen molar-refractivity contribution in [3.05, 3.63) is 0 Å². The Morgan fingerprint density at radius 3 is 2.69 bits per heavy atom. The molecule has 3 nitrogen and oxygen atoms in total. The van der Waals surface area contributed by atoms with Crippen LogP contribution in [0.1, 0.15) is 26.2 Å². The number of fused-ring (bicyclic) bond motifs is 3. The average Bonchev–Trinajstić information content (AvgIpc) is 2.16. The lowest BCUT2D eigenvalue weighted by Gasteiger charge is -2.46. The first-order chi connectivity index (χ1) is 7.04. The molecule has 3 aliphatic rings. The molecular formula is C10H16ClF2NO2. The summed E-state index contributed by atoms with van der Waals surface area (Å²) in [4.78, 5) is 11.5. The fourth-order valence-corrected chi connectivity index (χ4v) is 2.56. The number of piperidine rings is 2. The first-order valence-corrected chi connectivity index (χ1v) is 5.35. The van der Waals surface area contributed by atoms with Gasteiger partial charge >= 0.3 is 5.97 Å². The molecule has 0 aromatic rings. The lowest BCUT2D eigenvalue weighted by molar-refractivity contribution is -0.170. The number of carbonyl (C=O) groups excluding carboxylic acids is 1. The molecule has 3 atom stereocenters. The molecule has 0 radical (unpaired) electrons. The van der Waals surface area contributed by atoms with Gasteiger partial charge in [0, 0.05) is 18.4 Å². The number of alkyl halides is 2. The summed E-state index contributed by atoms with van der Waals surface area (Å²) in [6.07, 6.45) is 0.998. The van der Waals surface area contributed by atoms with Crippen LogP contribution in [0.5, 0.6) is 0 Å². The van der Waals surface area contributed by atoms with E-state index in [1.165, 1.54) is 0 Å². The number of carbonyl (C=O) groups is 1.